The average Bonchev–Trinajstić information content (AvgIpc) is 2.30. The molecular formula is C12H17FO3. The van der Waals surface area contributed by atoms with Crippen molar-refractivity contribution in [1.82, 2.24) is 0 Å². The van der Waals surface area contributed by atoms with Crippen LogP contribution in [0.5, 0.6) is 0 Å². The molecule has 0 aliphatic rings. The van der Waals surface area contributed by atoms with Gasteiger partial charge < -0.3 is 9.84 Å². The number of aliphatic hydroxyl groups excluding tert-OH is 1. The van der Waals surface area contributed by atoms with Gasteiger partial charge in [0, 0.05) is 6.61 Å². The van der Waals surface area contributed by atoms with Crippen LogP contribution < -0.4 is 0 Å². The average molecular weight is 228 g/mol. The van der Waals surface area contributed by atoms with Crippen LogP contribution in [0.3, 0.4) is 0 Å². The Labute approximate surface area is 94.7 Å². The molecule has 1 rings (SSSR count). The number of hydrogen-bond acceptors (Lipinski definition) is 3. The molecule has 0 heterocycles. The fraction of sp³-hybridized carbons (Fsp3) is 0.500. The Morgan fingerprint density at radius 3 is 2.62 bits per heavy atom. The summed E-state index contributed by atoms with van der Waals surface area (Å²) in [6.45, 7) is 0.329. The van der Waals surface area contributed by atoms with Gasteiger partial charge in [0.15, 0.2) is 0 Å². The van der Waals surface area contributed by atoms with Gasteiger partial charge in [-0.05, 0) is 22.9 Å². The summed E-state index contributed by atoms with van der Waals surface area (Å²) in [4.78, 5) is 3.30. The molecule has 0 fully saturated rings. The summed E-state index contributed by atoms with van der Waals surface area (Å²) in [5.41, 5.74) is 1.26. The lowest BCUT2D eigenvalue weighted by molar-refractivity contribution is -0.164. The third-order valence-corrected chi connectivity index (χ3v) is 2.16. The molecule has 0 saturated carbocycles. The molecule has 0 aliphatic carbocycles. The molecule has 4 heteroatoms. The van der Waals surface area contributed by atoms with Crippen LogP contribution in [0.1, 0.15) is 12.0 Å². The van der Waals surface area contributed by atoms with E-state index in [1.807, 2.05) is 18.2 Å². The van der Waals surface area contributed by atoms with Crippen LogP contribution in [0.2, 0.25) is 0 Å². The molecule has 1 aromatic carbocycles. The summed E-state index contributed by atoms with van der Waals surface area (Å²) in [5, 5.41) is 9.08. The maximum absolute atomic E-state index is 11.3. The minimum absolute atomic E-state index is 0.110. The van der Waals surface area contributed by atoms with Crippen molar-refractivity contribution in [2.75, 3.05) is 19.8 Å². The van der Waals surface area contributed by atoms with E-state index < -0.39 is 6.10 Å². The van der Waals surface area contributed by atoms with Gasteiger partial charge in [0.1, 0.15) is 12.7 Å². The van der Waals surface area contributed by atoms with Crippen LogP contribution >= 0.6 is 0 Å². The van der Waals surface area contributed by atoms with E-state index in [9.17, 15) is 4.53 Å². The minimum atomic E-state index is -0.887. The topological polar surface area (TPSA) is 38.7 Å². The second-order valence-corrected chi connectivity index (χ2v) is 3.59. The van der Waals surface area contributed by atoms with E-state index in [-0.39, 0.29) is 13.2 Å². The van der Waals surface area contributed by atoms with Crippen LogP contribution in [-0.4, -0.2) is 31.0 Å². The Morgan fingerprint density at radius 1 is 1.19 bits per heavy atom. The van der Waals surface area contributed by atoms with E-state index in [0.29, 0.717) is 6.61 Å². The number of ether oxygens (including phenoxy) is 1. The molecule has 1 atom stereocenters. The van der Waals surface area contributed by atoms with Crippen molar-refractivity contribution in [2.45, 2.75) is 18.9 Å². The van der Waals surface area contributed by atoms with Crippen LogP contribution in [0.4, 0.5) is 4.53 Å². The quantitative estimate of drug-likeness (QED) is 0.691. The van der Waals surface area contributed by atoms with Crippen molar-refractivity contribution in [3.63, 3.8) is 0 Å². The highest BCUT2D eigenvalue weighted by Gasteiger charge is 2.03. The smallest absolute Gasteiger partial charge is 0.116 e. The summed E-state index contributed by atoms with van der Waals surface area (Å²) < 4.78 is 16.5. The minimum Gasteiger partial charge on any atom is -0.388 e. The van der Waals surface area contributed by atoms with Crippen molar-refractivity contribution in [3.8, 4) is 0 Å². The van der Waals surface area contributed by atoms with Crippen molar-refractivity contribution in [1.29, 1.82) is 0 Å². The molecule has 1 aromatic rings. The second-order valence-electron chi connectivity index (χ2n) is 3.59. The van der Waals surface area contributed by atoms with Crippen LogP contribution in [0.25, 0.3) is 0 Å². The summed E-state index contributed by atoms with van der Waals surface area (Å²) >= 11 is 0. The highest BCUT2D eigenvalue weighted by molar-refractivity contribution is 5.14. The van der Waals surface area contributed by atoms with E-state index in [0.717, 1.165) is 12.8 Å². The van der Waals surface area contributed by atoms with Gasteiger partial charge in [0.25, 0.3) is 0 Å². The third-order valence-electron chi connectivity index (χ3n) is 2.16. The van der Waals surface area contributed by atoms with Crippen LogP contribution in [0.15, 0.2) is 30.3 Å². The normalized spacial score (nSPS) is 12.6. The van der Waals surface area contributed by atoms with Gasteiger partial charge in [-0.3, -0.25) is 0 Å². The molecule has 16 heavy (non-hydrogen) atoms. The van der Waals surface area contributed by atoms with E-state index in [1.165, 1.54) is 5.56 Å². The van der Waals surface area contributed by atoms with E-state index >= 15 is 0 Å². The summed E-state index contributed by atoms with van der Waals surface area (Å²) in [7, 11) is 0. The molecule has 0 saturated heterocycles. The highest BCUT2D eigenvalue weighted by Crippen LogP contribution is 2.02. The van der Waals surface area contributed by atoms with E-state index in [2.05, 4.69) is 17.1 Å². The fourth-order valence-electron chi connectivity index (χ4n) is 1.36. The summed E-state index contributed by atoms with van der Waals surface area (Å²) in [6.07, 6.45) is 0.936. The van der Waals surface area contributed by atoms with Crippen LogP contribution in [-0.2, 0) is 16.1 Å². The predicted molar refractivity (Wildman–Crippen MR) is 58.6 cm³/mol. The predicted octanol–water partition coefficient (Wildman–Crippen LogP) is 1.90. The zero-order chi connectivity index (χ0) is 11.6. The SMILES string of the molecule is OC(COF)COCCCc1ccccc1. The first-order valence-corrected chi connectivity index (χ1v) is 5.36. The molecule has 0 aliphatic heterocycles. The Bertz CT molecular complexity index is 266. The molecule has 0 aromatic heterocycles. The molecule has 1 N–H and O–H groups in total. The van der Waals surface area contributed by atoms with Crippen molar-refractivity contribution in [3.05, 3.63) is 35.9 Å². The van der Waals surface area contributed by atoms with Gasteiger partial charge in [-0.2, -0.15) is 4.94 Å². The van der Waals surface area contributed by atoms with E-state index in [4.69, 9.17) is 9.84 Å². The fourth-order valence-corrected chi connectivity index (χ4v) is 1.36. The Hall–Kier alpha value is -0.970. The second kappa shape index (κ2) is 8.21. The largest absolute Gasteiger partial charge is 0.388 e. The zero-order valence-corrected chi connectivity index (χ0v) is 9.14. The van der Waals surface area contributed by atoms with Gasteiger partial charge >= 0.3 is 0 Å². The number of aliphatic hydroxyl groups is 1. The summed E-state index contributed by atoms with van der Waals surface area (Å²) in [6, 6.07) is 10.1. The number of aryl methyl sites for hydroxylation is 1. The highest BCUT2D eigenvalue weighted by atomic mass is 19.3. The lowest BCUT2D eigenvalue weighted by Crippen LogP contribution is -2.20. The van der Waals surface area contributed by atoms with Crippen LogP contribution in [0, 0.1) is 0 Å². The maximum Gasteiger partial charge on any atom is 0.116 e. The standard InChI is InChI=1S/C12H17FO3/c13-16-10-12(14)9-15-8-4-7-11-5-2-1-3-6-11/h1-3,5-6,12,14H,4,7-10H2. The molecule has 0 radical (unpaired) electrons. The lowest BCUT2D eigenvalue weighted by Gasteiger charge is -2.08. The van der Waals surface area contributed by atoms with Gasteiger partial charge in [0.05, 0.1) is 6.61 Å². The monoisotopic (exact) mass is 228 g/mol. The molecule has 90 valence electrons. The van der Waals surface area contributed by atoms with Gasteiger partial charge in [0.2, 0.25) is 0 Å². The van der Waals surface area contributed by atoms with Crippen molar-refractivity contribution in [2.24, 2.45) is 0 Å². The number of rotatable bonds is 8. The first kappa shape index (κ1) is 13.1. The molecule has 3 nitrogen and oxygen atoms in total. The van der Waals surface area contributed by atoms with Crippen molar-refractivity contribution >= 4 is 0 Å². The summed E-state index contributed by atoms with van der Waals surface area (Å²) in [5.74, 6) is 0. The van der Waals surface area contributed by atoms with Gasteiger partial charge in [-0.1, -0.05) is 30.3 Å². The first-order valence-electron chi connectivity index (χ1n) is 5.36. The van der Waals surface area contributed by atoms with Gasteiger partial charge in [-0.25, -0.2) is 0 Å². The number of hydrogen-bond donors (Lipinski definition) is 1. The Balaban J connectivity index is 2.00. The Kier molecular flexibility index (Phi) is 6.72. The molecular weight excluding hydrogens is 211 g/mol. The third kappa shape index (κ3) is 5.80. The molecule has 1 unspecified atom stereocenters. The maximum atomic E-state index is 11.3. The first-order chi connectivity index (χ1) is 7.83. The molecule has 0 bridgehead atoms. The lowest BCUT2D eigenvalue weighted by atomic mass is 10.1. The molecule has 0 spiro atoms. The number of benzene rings is 1. The number of halogens is 1. The Morgan fingerprint density at radius 2 is 1.94 bits per heavy atom. The van der Waals surface area contributed by atoms with Crippen molar-refractivity contribution < 1.29 is 19.3 Å². The van der Waals surface area contributed by atoms with E-state index in [1.54, 1.807) is 0 Å². The molecule has 0 amide bonds. The zero-order valence-electron chi connectivity index (χ0n) is 9.14. The van der Waals surface area contributed by atoms with Gasteiger partial charge in [-0.15, -0.1) is 0 Å².